The Labute approximate surface area is 128 Å². The Hall–Kier alpha value is -2.35. The highest BCUT2D eigenvalue weighted by atomic mass is 32.2. The molecule has 7 nitrogen and oxygen atoms in total. The summed E-state index contributed by atoms with van der Waals surface area (Å²) in [6.45, 7) is 3.50. The fourth-order valence-corrected chi connectivity index (χ4v) is 2.57. The quantitative estimate of drug-likeness (QED) is 0.874. The Morgan fingerprint density at radius 2 is 1.86 bits per heavy atom. The van der Waals surface area contributed by atoms with Crippen LogP contribution in [0, 0.1) is 13.8 Å². The molecule has 1 aromatic heterocycles. The van der Waals surface area contributed by atoms with E-state index < -0.39 is 10.0 Å². The van der Waals surface area contributed by atoms with Crippen LogP contribution in [0.15, 0.2) is 28.8 Å². The minimum Gasteiger partial charge on any atom is -0.361 e. The first-order chi connectivity index (χ1) is 10.3. The van der Waals surface area contributed by atoms with Gasteiger partial charge in [-0.1, -0.05) is 17.3 Å². The Balaban J connectivity index is 2.15. The van der Waals surface area contributed by atoms with E-state index in [0.29, 0.717) is 22.8 Å². The molecular formula is C14H17N3O4S. The lowest BCUT2D eigenvalue weighted by molar-refractivity contribution is -0.115. The topological polar surface area (TPSA) is 101 Å². The van der Waals surface area contributed by atoms with Crippen LogP contribution < -0.4 is 10.0 Å². The van der Waals surface area contributed by atoms with E-state index >= 15 is 0 Å². The second-order valence-corrected chi connectivity index (χ2v) is 6.70. The van der Waals surface area contributed by atoms with Gasteiger partial charge in [0.25, 0.3) is 0 Å². The first-order valence-corrected chi connectivity index (χ1v) is 8.44. The summed E-state index contributed by atoms with van der Waals surface area (Å²) < 4.78 is 30.1. The van der Waals surface area contributed by atoms with E-state index in [0.717, 1.165) is 11.8 Å². The highest BCUT2D eigenvalue weighted by molar-refractivity contribution is 7.92. The first-order valence-electron chi connectivity index (χ1n) is 6.54. The number of amides is 1. The van der Waals surface area contributed by atoms with Crippen molar-refractivity contribution in [3.63, 3.8) is 0 Å². The van der Waals surface area contributed by atoms with Crippen molar-refractivity contribution in [3.05, 3.63) is 41.3 Å². The van der Waals surface area contributed by atoms with Gasteiger partial charge in [0, 0.05) is 5.56 Å². The molecule has 2 rings (SSSR count). The molecule has 8 heteroatoms. The first kappa shape index (κ1) is 16.0. The van der Waals surface area contributed by atoms with Crippen LogP contribution in [0.1, 0.15) is 17.0 Å². The minimum absolute atomic E-state index is 0.106. The van der Waals surface area contributed by atoms with Crippen molar-refractivity contribution in [2.24, 2.45) is 0 Å². The zero-order chi connectivity index (χ0) is 16.3. The fourth-order valence-electron chi connectivity index (χ4n) is 1.99. The van der Waals surface area contributed by atoms with E-state index in [2.05, 4.69) is 15.2 Å². The summed E-state index contributed by atoms with van der Waals surface area (Å²) in [4.78, 5) is 12.1. The number of sulfonamides is 1. The normalized spacial score (nSPS) is 11.2. The van der Waals surface area contributed by atoms with E-state index in [-0.39, 0.29) is 12.3 Å². The molecule has 118 valence electrons. The summed E-state index contributed by atoms with van der Waals surface area (Å²) in [5.74, 6) is 0.312. The maximum absolute atomic E-state index is 12.1. The van der Waals surface area contributed by atoms with E-state index in [1.165, 1.54) is 0 Å². The zero-order valence-corrected chi connectivity index (χ0v) is 13.3. The summed E-state index contributed by atoms with van der Waals surface area (Å²) >= 11 is 0. The zero-order valence-electron chi connectivity index (χ0n) is 12.5. The molecule has 1 heterocycles. The Kier molecular flexibility index (Phi) is 4.51. The third-order valence-electron chi connectivity index (χ3n) is 3.02. The van der Waals surface area contributed by atoms with Gasteiger partial charge in [-0.2, -0.15) is 0 Å². The third-order valence-corrected chi connectivity index (χ3v) is 3.61. The molecule has 1 amide bonds. The number of nitrogens with zero attached hydrogens (tertiary/aromatic N) is 1. The van der Waals surface area contributed by atoms with Crippen LogP contribution in [0.25, 0.3) is 0 Å². The maximum atomic E-state index is 12.1. The molecule has 0 atom stereocenters. The van der Waals surface area contributed by atoms with Crippen molar-refractivity contribution in [3.8, 4) is 0 Å². The SMILES string of the molecule is Cc1noc(C)c1CC(=O)Nc1ccccc1NS(C)(=O)=O. The molecule has 2 N–H and O–H groups in total. The fraction of sp³-hybridized carbons (Fsp3) is 0.286. The molecule has 0 unspecified atom stereocenters. The Morgan fingerprint density at radius 3 is 2.41 bits per heavy atom. The van der Waals surface area contributed by atoms with Gasteiger partial charge >= 0.3 is 0 Å². The van der Waals surface area contributed by atoms with Gasteiger partial charge in [-0.05, 0) is 26.0 Å². The maximum Gasteiger partial charge on any atom is 0.229 e. The van der Waals surface area contributed by atoms with Crippen molar-refractivity contribution in [1.82, 2.24) is 5.16 Å². The Morgan fingerprint density at radius 1 is 1.23 bits per heavy atom. The molecule has 0 aliphatic heterocycles. The number of nitrogens with one attached hydrogen (secondary N) is 2. The Bertz CT molecular complexity index is 777. The van der Waals surface area contributed by atoms with Crippen LogP contribution in [0.3, 0.4) is 0 Å². The number of hydrogen-bond acceptors (Lipinski definition) is 5. The number of anilines is 2. The summed E-state index contributed by atoms with van der Waals surface area (Å²) in [5, 5.41) is 6.49. The van der Waals surface area contributed by atoms with Gasteiger partial charge < -0.3 is 9.84 Å². The van der Waals surface area contributed by atoms with Crippen LogP contribution in [-0.4, -0.2) is 25.7 Å². The predicted molar refractivity (Wildman–Crippen MR) is 83.2 cm³/mol. The largest absolute Gasteiger partial charge is 0.361 e. The summed E-state index contributed by atoms with van der Waals surface area (Å²) in [7, 11) is -3.43. The van der Waals surface area contributed by atoms with Crippen LogP contribution >= 0.6 is 0 Å². The van der Waals surface area contributed by atoms with Crippen LogP contribution in [-0.2, 0) is 21.2 Å². The highest BCUT2D eigenvalue weighted by Crippen LogP contribution is 2.22. The van der Waals surface area contributed by atoms with Crippen molar-refractivity contribution in [2.45, 2.75) is 20.3 Å². The number of carbonyl (C=O) groups is 1. The second-order valence-electron chi connectivity index (χ2n) is 4.95. The van der Waals surface area contributed by atoms with E-state index in [1.54, 1.807) is 38.1 Å². The van der Waals surface area contributed by atoms with Crippen LogP contribution in [0.5, 0.6) is 0 Å². The lowest BCUT2D eigenvalue weighted by Gasteiger charge is -2.11. The van der Waals surface area contributed by atoms with Gasteiger partial charge in [-0.3, -0.25) is 9.52 Å². The number of rotatable bonds is 5. The van der Waals surface area contributed by atoms with E-state index in [4.69, 9.17) is 4.52 Å². The van der Waals surface area contributed by atoms with Gasteiger partial charge in [0.05, 0.1) is 29.7 Å². The molecular weight excluding hydrogens is 306 g/mol. The van der Waals surface area contributed by atoms with Crippen molar-refractivity contribution in [2.75, 3.05) is 16.3 Å². The second kappa shape index (κ2) is 6.18. The van der Waals surface area contributed by atoms with Crippen LogP contribution in [0.2, 0.25) is 0 Å². The number of aromatic nitrogens is 1. The monoisotopic (exact) mass is 323 g/mol. The lowest BCUT2D eigenvalue weighted by atomic mass is 10.1. The van der Waals surface area contributed by atoms with Crippen molar-refractivity contribution >= 4 is 27.3 Å². The molecule has 0 bridgehead atoms. The average molecular weight is 323 g/mol. The van der Waals surface area contributed by atoms with Crippen molar-refractivity contribution < 1.29 is 17.7 Å². The number of carbonyl (C=O) groups excluding carboxylic acids is 1. The predicted octanol–water partition coefficient (Wildman–Crippen LogP) is 1.84. The minimum atomic E-state index is -3.43. The van der Waals surface area contributed by atoms with Crippen molar-refractivity contribution in [1.29, 1.82) is 0 Å². The van der Waals surface area contributed by atoms with Gasteiger partial charge in [0.15, 0.2) is 0 Å². The van der Waals surface area contributed by atoms with Gasteiger partial charge in [-0.15, -0.1) is 0 Å². The third kappa shape index (κ3) is 4.08. The molecule has 2 aromatic rings. The molecule has 0 spiro atoms. The number of benzene rings is 1. The number of aryl methyl sites for hydroxylation is 2. The smallest absolute Gasteiger partial charge is 0.229 e. The lowest BCUT2D eigenvalue weighted by Crippen LogP contribution is -2.18. The molecule has 1 aromatic carbocycles. The molecule has 0 radical (unpaired) electrons. The molecule has 0 fully saturated rings. The van der Waals surface area contributed by atoms with E-state index in [9.17, 15) is 13.2 Å². The summed E-state index contributed by atoms with van der Waals surface area (Å²) in [6.07, 6.45) is 1.16. The highest BCUT2D eigenvalue weighted by Gasteiger charge is 2.15. The van der Waals surface area contributed by atoms with Gasteiger partial charge in [-0.25, -0.2) is 8.42 Å². The number of para-hydroxylation sites is 2. The van der Waals surface area contributed by atoms with Gasteiger partial charge in [0.1, 0.15) is 5.76 Å². The summed E-state index contributed by atoms with van der Waals surface area (Å²) in [6, 6.07) is 6.59. The summed E-state index contributed by atoms with van der Waals surface area (Å²) in [5.41, 5.74) is 2.10. The average Bonchev–Trinajstić information content (AvgIpc) is 2.71. The van der Waals surface area contributed by atoms with Crippen LogP contribution in [0.4, 0.5) is 11.4 Å². The molecule has 0 aliphatic rings. The number of hydrogen-bond donors (Lipinski definition) is 2. The molecule has 22 heavy (non-hydrogen) atoms. The molecule has 0 saturated heterocycles. The standard InChI is InChI=1S/C14H17N3O4S/c1-9-11(10(2)21-16-9)8-14(18)15-12-6-4-5-7-13(12)17-22(3,19)20/h4-7,17H,8H2,1-3H3,(H,15,18). The van der Waals surface area contributed by atoms with Gasteiger partial charge in [0.2, 0.25) is 15.9 Å². The molecule has 0 saturated carbocycles. The van der Waals surface area contributed by atoms with E-state index in [1.807, 2.05) is 0 Å². The molecule has 0 aliphatic carbocycles.